The molecule has 7 nitrogen and oxygen atoms in total. The lowest BCUT2D eigenvalue weighted by Crippen LogP contribution is -2.05. The summed E-state index contributed by atoms with van der Waals surface area (Å²) < 4.78 is 25.5. The van der Waals surface area contributed by atoms with E-state index in [4.69, 9.17) is 20.0 Å². The standard InChI is InChI=1S/C22H16FN5O2/c1-12-5-14(8-24)6-13(2)20(12)30-21-17-10-29-11-19(17)27-22(28-21)26-16-4-3-15(9-25)18(23)7-16/h3-7H,10-11H2,1-2H3,(H,26,27,28). The molecule has 1 N–H and O–H groups in total. The number of hydrogen-bond acceptors (Lipinski definition) is 7. The van der Waals surface area contributed by atoms with Crippen LogP contribution in [0, 0.1) is 42.3 Å². The fraction of sp³-hybridized carbons (Fsp3) is 0.182. The number of halogens is 1. The molecule has 2 heterocycles. The van der Waals surface area contributed by atoms with Crippen molar-refractivity contribution in [2.45, 2.75) is 27.1 Å². The molecule has 0 fully saturated rings. The average molecular weight is 401 g/mol. The van der Waals surface area contributed by atoms with E-state index >= 15 is 0 Å². The highest BCUT2D eigenvalue weighted by Crippen LogP contribution is 2.35. The zero-order valence-electron chi connectivity index (χ0n) is 16.3. The smallest absolute Gasteiger partial charge is 0.230 e. The first-order valence-corrected chi connectivity index (χ1v) is 9.12. The molecule has 148 valence electrons. The van der Waals surface area contributed by atoms with E-state index < -0.39 is 5.82 Å². The van der Waals surface area contributed by atoms with Gasteiger partial charge in [-0.05, 0) is 55.3 Å². The summed E-state index contributed by atoms with van der Waals surface area (Å²) >= 11 is 0. The van der Waals surface area contributed by atoms with Gasteiger partial charge in [-0.3, -0.25) is 0 Å². The molecule has 8 heteroatoms. The summed E-state index contributed by atoms with van der Waals surface area (Å²) in [5.74, 6) is 0.539. The van der Waals surface area contributed by atoms with Crippen LogP contribution in [-0.4, -0.2) is 9.97 Å². The summed E-state index contributed by atoms with van der Waals surface area (Å²) in [5, 5.41) is 21.0. The molecule has 0 aliphatic carbocycles. The monoisotopic (exact) mass is 401 g/mol. The van der Waals surface area contributed by atoms with Gasteiger partial charge in [0.15, 0.2) is 0 Å². The molecule has 1 aliphatic rings. The fourth-order valence-corrected chi connectivity index (χ4v) is 3.25. The van der Waals surface area contributed by atoms with Gasteiger partial charge in [0.05, 0.1) is 41.7 Å². The van der Waals surface area contributed by atoms with E-state index in [1.807, 2.05) is 13.8 Å². The van der Waals surface area contributed by atoms with Crippen molar-refractivity contribution in [3.05, 3.63) is 69.7 Å². The highest BCUT2D eigenvalue weighted by atomic mass is 19.1. The third-order valence-electron chi connectivity index (χ3n) is 4.67. The minimum Gasteiger partial charge on any atom is -0.438 e. The Morgan fingerprint density at radius 3 is 2.50 bits per heavy atom. The second-order valence-electron chi connectivity index (χ2n) is 6.85. The van der Waals surface area contributed by atoms with Crippen molar-refractivity contribution in [2.75, 3.05) is 5.32 Å². The maximum absolute atomic E-state index is 13.9. The first-order chi connectivity index (χ1) is 14.5. The van der Waals surface area contributed by atoms with Crippen LogP contribution in [0.25, 0.3) is 0 Å². The summed E-state index contributed by atoms with van der Waals surface area (Å²) in [5.41, 5.74) is 3.96. The van der Waals surface area contributed by atoms with E-state index in [0.29, 0.717) is 41.8 Å². The lowest BCUT2D eigenvalue weighted by Gasteiger charge is -2.15. The molecule has 0 radical (unpaired) electrons. The molecule has 0 spiro atoms. The third kappa shape index (κ3) is 3.64. The van der Waals surface area contributed by atoms with Crippen LogP contribution in [-0.2, 0) is 18.0 Å². The van der Waals surface area contributed by atoms with Crippen LogP contribution < -0.4 is 10.1 Å². The number of aryl methyl sites for hydroxylation is 2. The molecule has 0 bridgehead atoms. The van der Waals surface area contributed by atoms with Crippen molar-refractivity contribution in [3.8, 4) is 23.8 Å². The van der Waals surface area contributed by atoms with Crippen molar-refractivity contribution in [1.29, 1.82) is 10.5 Å². The normalized spacial score (nSPS) is 12.0. The van der Waals surface area contributed by atoms with Gasteiger partial charge in [0.1, 0.15) is 17.6 Å². The Balaban J connectivity index is 1.70. The Bertz CT molecular complexity index is 1220. The Morgan fingerprint density at radius 2 is 1.83 bits per heavy atom. The number of anilines is 2. The summed E-state index contributed by atoms with van der Waals surface area (Å²) in [6, 6.07) is 11.6. The first-order valence-electron chi connectivity index (χ1n) is 9.12. The third-order valence-corrected chi connectivity index (χ3v) is 4.67. The highest BCUT2D eigenvalue weighted by molar-refractivity contribution is 5.57. The predicted octanol–water partition coefficient (Wildman–Crippen LogP) is 4.54. The number of nitrogens with zero attached hydrogens (tertiary/aromatic N) is 4. The highest BCUT2D eigenvalue weighted by Gasteiger charge is 2.23. The molecule has 30 heavy (non-hydrogen) atoms. The minimum atomic E-state index is -0.632. The SMILES string of the molecule is Cc1cc(C#N)cc(C)c1Oc1nc(Nc2ccc(C#N)c(F)c2)nc2c1COC2. The molecule has 2 aromatic carbocycles. The number of hydrogen-bond donors (Lipinski definition) is 1. The number of nitriles is 2. The van der Waals surface area contributed by atoms with E-state index in [1.165, 1.54) is 12.1 Å². The minimum absolute atomic E-state index is 0.0420. The average Bonchev–Trinajstić information content (AvgIpc) is 3.19. The van der Waals surface area contributed by atoms with Gasteiger partial charge in [-0.1, -0.05) is 0 Å². The van der Waals surface area contributed by atoms with Gasteiger partial charge < -0.3 is 14.8 Å². The van der Waals surface area contributed by atoms with Gasteiger partial charge >= 0.3 is 0 Å². The quantitative estimate of drug-likeness (QED) is 0.684. The van der Waals surface area contributed by atoms with E-state index in [1.54, 1.807) is 24.3 Å². The largest absolute Gasteiger partial charge is 0.438 e. The van der Waals surface area contributed by atoms with E-state index in [2.05, 4.69) is 21.4 Å². The molecule has 0 unspecified atom stereocenters. The Kier molecular flexibility index (Phi) is 5.01. The summed E-state index contributed by atoms with van der Waals surface area (Å²) in [6.45, 7) is 4.36. The molecule has 4 rings (SSSR count). The van der Waals surface area contributed by atoms with Gasteiger partial charge in [-0.25, -0.2) is 9.37 Å². The number of fused-ring (bicyclic) bond motifs is 1. The maximum atomic E-state index is 13.9. The Labute approximate surface area is 172 Å². The summed E-state index contributed by atoms with van der Waals surface area (Å²) in [7, 11) is 0. The predicted molar refractivity (Wildman–Crippen MR) is 106 cm³/mol. The lowest BCUT2D eigenvalue weighted by molar-refractivity contribution is 0.132. The van der Waals surface area contributed by atoms with Crippen LogP contribution in [0.2, 0.25) is 0 Å². The van der Waals surface area contributed by atoms with Gasteiger partial charge in [0, 0.05) is 5.69 Å². The fourth-order valence-electron chi connectivity index (χ4n) is 3.25. The van der Waals surface area contributed by atoms with E-state index in [-0.39, 0.29) is 11.5 Å². The topological polar surface area (TPSA) is 104 Å². The van der Waals surface area contributed by atoms with E-state index in [0.717, 1.165) is 16.7 Å². The van der Waals surface area contributed by atoms with Crippen molar-refractivity contribution >= 4 is 11.6 Å². The second kappa shape index (κ2) is 7.78. The van der Waals surface area contributed by atoms with Crippen LogP contribution in [0.15, 0.2) is 30.3 Å². The number of aromatic nitrogens is 2. The van der Waals surface area contributed by atoms with Gasteiger partial charge in [0.2, 0.25) is 11.8 Å². The lowest BCUT2D eigenvalue weighted by atomic mass is 10.1. The van der Waals surface area contributed by atoms with Gasteiger partial charge in [0.25, 0.3) is 0 Å². The molecule has 1 aromatic heterocycles. The van der Waals surface area contributed by atoms with E-state index in [9.17, 15) is 4.39 Å². The van der Waals surface area contributed by atoms with Crippen molar-refractivity contribution < 1.29 is 13.9 Å². The zero-order valence-corrected chi connectivity index (χ0v) is 16.3. The van der Waals surface area contributed by atoms with Crippen LogP contribution in [0.1, 0.15) is 33.5 Å². The summed E-state index contributed by atoms with van der Waals surface area (Å²) in [6.07, 6.45) is 0. The molecule has 0 atom stereocenters. The number of benzene rings is 2. The molecule has 0 saturated heterocycles. The molecule has 1 aliphatic heterocycles. The Hall–Kier alpha value is -4.01. The number of rotatable bonds is 4. The van der Waals surface area contributed by atoms with Crippen LogP contribution in [0.4, 0.5) is 16.0 Å². The molecule has 0 saturated carbocycles. The van der Waals surface area contributed by atoms with Crippen LogP contribution >= 0.6 is 0 Å². The summed E-state index contributed by atoms with van der Waals surface area (Å²) in [4.78, 5) is 8.89. The van der Waals surface area contributed by atoms with Crippen molar-refractivity contribution in [3.63, 3.8) is 0 Å². The molecule has 3 aromatic rings. The molecular weight excluding hydrogens is 385 g/mol. The van der Waals surface area contributed by atoms with Crippen molar-refractivity contribution in [1.82, 2.24) is 9.97 Å². The van der Waals surface area contributed by atoms with Crippen molar-refractivity contribution in [2.24, 2.45) is 0 Å². The zero-order chi connectivity index (χ0) is 21.3. The van der Waals surface area contributed by atoms with Crippen LogP contribution in [0.3, 0.4) is 0 Å². The number of nitrogens with one attached hydrogen (secondary N) is 1. The number of ether oxygens (including phenoxy) is 2. The Morgan fingerprint density at radius 1 is 1.07 bits per heavy atom. The van der Waals surface area contributed by atoms with Gasteiger partial charge in [-0.15, -0.1) is 0 Å². The second-order valence-corrected chi connectivity index (χ2v) is 6.85. The molecule has 0 amide bonds. The molecular formula is C22H16FN5O2. The van der Waals surface area contributed by atoms with Gasteiger partial charge in [-0.2, -0.15) is 15.5 Å². The first kappa shape index (κ1) is 19.3. The van der Waals surface area contributed by atoms with Crippen LogP contribution in [0.5, 0.6) is 11.6 Å². The maximum Gasteiger partial charge on any atom is 0.230 e.